The number of alkyl halides is 7. The quantitative estimate of drug-likeness (QED) is 0.551. The van der Waals surface area contributed by atoms with Crippen LogP contribution in [0.15, 0.2) is 0 Å². The number of hydrogen-bond donors (Lipinski definition) is 0. The van der Waals surface area contributed by atoms with Crippen LogP contribution in [0, 0.1) is 5.92 Å². The van der Waals surface area contributed by atoms with Crippen molar-refractivity contribution in [2.24, 2.45) is 5.92 Å². The van der Waals surface area contributed by atoms with Gasteiger partial charge in [0.15, 0.2) is 0 Å². The molecule has 0 N–H and O–H groups in total. The molecule has 1 fully saturated rings. The standard InChI is InChI=1S/C10H12BrF6NO2/c1-5-3-18(4-6(2-11)20-5)8(19)7(9(12,13)14)10(15,16)17/h5-7H,2-4H2,1H3. The lowest BCUT2D eigenvalue weighted by atomic mass is 10.1. The van der Waals surface area contributed by atoms with Gasteiger partial charge in [-0.3, -0.25) is 4.79 Å². The van der Waals surface area contributed by atoms with E-state index >= 15 is 0 Å². The number of hydrogen-bond acceptors (Lipinski definition) is 2. The number of nitrogens with zero attached hydrogens (tertiary/aromatic N) is 1. The van der Waals surface area contributed by atoms with Crippen molar-refractivity contribution in [3.8, 4) is 0 Å². The van der Waals surface area contributed by atoms with Gasteiger partial charge < -0.3 is 9.64 Å². The molecular formula is C10H12BrF6NO2. The van der Waals surface area contributed by atoms with Crippen LogP contribution in [0.4, 0.5) is 26.3 Å². The molecule has 1 aliphatic heterocycles. The second kappa shape index (κ2) is 6.08. The average Bonchev–Trinajstić information content (AvgIpc) is 2.24. The van der Waals surface area contributed by atoms with Gasteiger partial charge in [0.05, 0.1) is 12.2 Å². The van der Waals surface area contributed by atoms with Gasteiger partial charge in [0, 0.05) is 18.4 Å². The summed E-state index contributed by atoms with van der Waals surface area (Å²) < 4.78 is 80.2. The Morgan fingerprint density at radius 1 is 1.25 bits per heavy atom. The van der Waals surface area contributed by atoms with Crippen LogP contribution in [-0.4, -0.2) is 53.8 Å². The third kappa shape index (κ3) is 4.24. The Morgan fingerprint density at radius 3 is 2.15 bits per heavy atom. The van der Waals surface area contributed by atoms with Crippen LogP contribution < -0.4 is 0 Å². The first-order valence-electron chi connectivity index (χ1n) is 5.60. The lowest BCUT2D eigenvalue weighted by molar-refractivity contribution is -0.279. The maximum Gasteiger partial charge on any atom is 0.409 e. The van der Waals surface area contributed by atoms with Crippen molar-refractivity contribution >= 4 is 21.8 Å². The molecule has 0 saturated carbocycles. The van der Waals surface area contributed by atoms with Gasteiger partial charge in [-0.05, 0) is 6.92 Å². The van der Waals surface area contributed by atoms with E-state index < -0.39 is 36.4 Å². The molecule has 1 rings (SSSR count). The Kier molecular flexibility index (Phi) is 5.34. The van der Waals surface area contributed by atoms with Gasteiger partial charge >= 0.3 is 12.4 Å². The summed E-state index contributed by atoms with van der Waals surface area (Å²) in [6, 6.07) is 0. The van der Waals surface area contributed by atoms with Crippen molar-refractivity contribution in [2.75, 3.05) is 18.4 Å². The number of rotatable bonds is 2. The van der Waals surface area contributed by atoms with E-state index in [2.05, 4.69) is 15.9 Å². The highest BCUT2D eigenvalue weighted by atomic mass is 79.9. The van der Waals surface area contributed by atoms with E-state index in [0.29, 0.717) is 4.90 Å². The first-order valence-corrected chi connectivity index (χ1v) is 6.72. The molecule has 0 aromatic heterocycles. The van der Waals surface area contributed by atoms with Gasteiger partial charge in [-0.2, -0.15) is 26.3 Å². The maximum absolute atomic E-state index is 12.5. The minimum Gasteiger partial charge on any atom is -0.371 e. The average molecular weight is 372 g/mol. The van der Waals surface area contributed by atoms with E-state index in [-0.39, 0.29) is 18.4 Å². The molecule has 1 heterocycles. The highest BCUT2D eigenvalue weighted by molar-refractivity contribution is 9.09. The predicted molar refractivity (Wildman–Crippen MR) is 60.3 cm³/mol. The number of ether oxygens (including phenoxy) is 1. The Labute approximate surface area is 119 Å². The van der Waals surface area contributed by atoms with Crippen molar-refractivity contribution < 1.29 is 35.9 Å². The minimum absolute atomic E-state index is 0.212. The Balaban J connectivity index is 2.95. The van der Waals surface area contributed by atoms with Crippen LogP contribution >= 0.6 is 15.9 Å². The molecule has 1 amide bonds. The molecule has 0 radical (unpaired) electrons. The number of carbonyl (C=O) groups excluding carboxylic acids is 1. The highest BCUT2D eigenvalue weighted by Gasteiger charge is 2.62. The smallest absolute Gasteiger partial charge is 0.371 e. The van der Waals surface area contributed by atoms with E-state index in [1.807, 2.05) is 0 Å². The summed E-state index contributed by atoms with van der Waals surface area (Å²) >= 11 is 3.02. The zero-order valence-electron chi connectivity index (χ0n) is 10.3. The molecule has 0 bridgehead atoms. The van der Waals surface area contributed by atoms with Crippen LogP contribution in [0.1, 0.15) is 6.92 Å². The summed E-state index contributed by atoms with van der Waals surface area (Å²) in [4.78, 5) is 12.2. The summed E-state index contributed by atoms with van der Waals surface area (Å²) in [5.74, 6) is -5.97. The van der Waals surface area contributed by atoms with Crippen LogP contribution in [0.3, 0.4) is 0 Å². The zero-order chi connectivity index (χ0) is 15.7. The van der Waals surface area contributed by atoms with Gasteiger partial charge in [0.2, 0.25) is 11.8 Å². The van der Waals surface area contributed by atoms with Gasteiger partial charge in [0.25, 0.3) is 0 Å². The molecule has 0 aromatic rings. The van der Waals surface area contributed by atoms with Gasteiger partial charge in [0.1, 0.15) is 0 Å². The predicted octanol–water partition coefficient (Wildman–Crippen LogP) is 2.74. The number of morpholine rings is 1. The SMILES string of the molecule is CC1CN(C(=O)C(C(F)(F)F)C(F)(F)F)CC(CBr)O1. The number of carbonyl (C=O) groups is 1. The fourth-order valence-corrected chi connectivity index (χ4v) is 2.32. The summed E-state index contributed by atoms with van der Waals surface area (Å²) in [5, 5.41) is 0.212. The van der Waals surface area contributed by atoms with Crippen molar-refractivity contribution in [1.29, 1.82) is 0 Å². The number of halogens is 7. The molecule has 2 unspecified atom stereocenters. The fourth-order valence-electron chi connectivity index (χ4n) is 1.96. The van der Waals surface area contributed by atoms with Crippen LogP contribution in [0.2, 0.25) is 0 Å². The van der Waals surface area contributed by atoms with E-state index in [0.717, 1.165) is 0 Å². The van der Waals surface area contributed by atoms with Crippen LogP contribution in [0.5, 0.6) is 0 Å². The van der Waals surface area contributed by atoms with Gasteiger partial charge in [-0.25, -0.2) is 0 Å². The topological polar surface area (TPSA) is 29.5 Å². The Morgan fingerprint density at radius 2 is 1.75 bits per heavy atom. The second-order valence-corrected chi connectivity index (χ2v) is 5.13. The third-order valence-corrected chi connectivity index (χ3v) is 3.43. The van der Waals surface area contributed by atoms with Crippen molar-refractivity contribution in [1.82, 2.24) is 4.90 Å². The number of amides is 1. The molecule has 3 nitrogen and oxygen atoms in total. The normalized spacial score (nSPS) is 25.1. The molecule has 1 aliphatic rings. The van der Waals surface area contributed by atoms with Crippen molar-refractivity contribution in [3.63, 3.8) is 0 Å². The van der Waals surface area contributed by atoms with E-state index in [1.54, 1.807) is 0 Å². The fraction of sp³-hybridized carbons (Fsp3) is 0.900. The largest absolute Gasteiger partial charge is 0.409 e. The van der Waals surface area contributed by atoms with Gasteiger partial charge in [-0.1, -0.05) is 15.9 Å². The molecular weight excluding hydrogens is 360 g/mol. The lowest BCUT2D eigenvalue weighted by Gasteiger charge is -2.38. The van der Waals surface area contributed by atoms with Crippen LogP contribution in [-0.2, 0) is 9.53 Å². The molecule has 0 aromatic carbocycles. The third-order valence-electron chi connectivity index (χ3n) is 2.71. The first kappa shape index (κ1) is 17.5. The molecule has 0 aliphatic carbocycles. The summed E-state index contributed by atoms with van der Waals surface area (Å²) in [6.45, 7) is 0.868. The molecule has 0 spiro atoms. The van der Waals surface area contributed by atoms with E-state index in [9.17, 15) is 31.1 Å². The molecule has 20 heavy (non-hydrogen) atoms. The van der Waals surface area contributed by atoms with Crippen LogP contribution in [0.25, 0.3) is 0 Å². The molecule has 1 saturated heterocycles. The molecule has 10 heteroatoms. The van der Waals surface area contributed by atoms with E-state index in [4.69, 9.17) is 4.74 Å². The molecule has 2 atom stereocenters. The Bertz CT molecular complexity index is 345. The summed E-state index contributed by atoms with van der Waals surface area (Å²) in [5.41, 5.74) is 0. The van der Waals surface area contributed by atoms with E-state index in [1.165, 1.54) is 6.92 Å². The molecule has 118 valence electrons. The second-order valence-electron chi connectivity index (χ2n) is 4.48. The Hall–Kier alpha value is -0.510. The zero-order valence-corrected chi connectivity index (χ0v) is 11.8. The maximum atomic E-state index is 12.5. The van der Waals surface area contributed by atoms with Crippen molar-refractivity contribution in [3.05, 3.63) is 0 Å². The van der Waals surface area contributed by atoms with Crippen molar-refractivity contribution in [2.45, 2.75) is 31.5 Å². The highest BCUT2D eigenvalue weighted by Crippen LogP contribution is 2.40. The monoisotopic (exact) mass is 371 g/mol. The minimum atomic E-state index is -5.67. The van der Waals surface area contributed by atoms with Gasteiger partial charge in [-0.15, -0.1) is 0 Å². The first-order chi connectivity index (χ1) is 8.96. The summed E-state index contributed by atoms with van der Waals surface area (Å²) in [7, 11) is 0. The summed E-state index contributed by atoms with van der Waals surface area (Å²) in [6.07, 6.45) is -12.6. The lowest BCUT2D eigenvalue weighted by Crippen LogP contribution is -2.56.